The molecule has 9 heteroatoms. The largest absolute Gasteiger partial charge is 0.465 e. The van der Waals surface area contributed by atoms with E-state index >= 15 is 0 Å². The van der Waals surface area contributed by atoms with E-state index in [0.717, 1.165) is 20.3 Å². The Morgan fingerprint density at radius 2 is 1.18 bits per heavy atom. The number of nitrogen functional groups attached to an aromatic ring is 2. The zero-order chi connectivity index (χ0) is 24.8. The third kappa shape index (κ3) is 5.39. The van der Waals surface area contributed by atoms with Crippen LogP contribution in [0, 0.1) is 0 Å². The predicted octanol–water partition coefficient (Wildman–Crippen LogP) is 3.10. The molecule has 5 N–H and O–H groups in total. The smallest absolute Gasteiger partial charge is 0.338 e. The summed E-state index contributed by atoms with van der Waals surface area (Å²) >= 11 is 0. The minimum Gasteiger partial charge on any atom is -0.465 e. The summed E-state index contributed by atoms with van der Waals surface area (Å²) in [5, 5.41) is 2.63. The van der Waals surface area contributed by atoms with Gasteiger partial charge in [0.25, 0.3) is 5.91 Å². The fraction of sp³-hybridized carbons (Fsp3) is 0.120. The van der Waals surface area contributed by atoms with Crippen LogP contribution in [0.3, 0.4) is 0 Å². The highest BCUT2D eigenvalue weighted by Crippen LogP contribution is 2.23. The molecule has 0 unspecified atom stereocenters. The maximum atomic E-state index is 13.1. The van der Waals surface area contributed by atoms with Crippen molar-refractivity contribution in [2.45, 2.75) is 6.42 Å². The summed E-state index contributed by atoms with van der Waals surface area (Å²) in [4.78, 5) is 51.1. The van der Waals surface area contributed by atoms with Crippen LogP contribution in [0.1, 0.15) is 47.0 Å². The zero-order valence-electron chi connectivity index (χ0n) is 18.6. The molecule has 0 aliphatic rings. The van der Waals surface area contributed by atoms with Gasteiger partial charge in [0, 0.05) is 29.0 Å². The standard InChI is InChI=1S/C25H23N3O6/c1-33-24(31)20-13-19(23(30)28-17-9-7-16(27)8-10-17)21(25(32)34-2)12-18(20)22(29)11-14-3-5-15(26)6-4-14/h3-10,12-13H,11,26-27H2,1-2H3,(H,28,30). The van der Waals surface area contributed by atoms with Crippen LogP contribution < -0.4 is 16.8 Å². The molecule has 3 aromatic carbocycles. The Bertz CT molecular complexity index is 1150. The topological polar surface area (TPSA) is 151 Å². The summed E-state index contributed by atoms with van der Waals surface area (Å²) in [5.41, 5.74) is 12.9. The Morgan fingerprint density at radius 1 is 0.706 bits per heavy atom. The van der Waals surface area contributed by atoms with Crippen LogP contribution in [0.25, 0.3) is 0 Å². The van der Waals surface area contributed by atoms with E-state index in [1.54, 1.807) is 48.5 Å². The Labute approximate surface area is 195 Å². The van der Waals surface area contributed by atoms with Gasteiger partial charge in [0.15, 0.2) is 5.78 Å². The molecule has 0 heterocycles. The minimum atomic E-state index is -0.847. The highest BCUT2D eigenvalue weighted by molar-refractivity contribution is 6.15. The van der Waals surface area contributed by atoms with Gasteiger partial charge in [-0.25, -0.2) is 9.59 Å². The number of carbonyl (C=O) groups is 4. The summed E-state index contributed by atoms with van der Waals surface area (Å²) in [6, 6.07) is 15.3. The highest BCUT2D eigenvalue weighted by atomic mass is 16.5. The van der Waals surface area contributed by atoms with Gasteiger partial charge in [0.05, 0.1) is 30.9 Å². The molecule has 0 aromatic heterocycles. The molecule has 174 valence electrons. The molecule has 0 radical (unpaired) electrons. The van der Waals surface area contributed by atoms with E-state index in [4.69, 9.17) is 20.9 Å². The van der Waals surface area contributed by atoms with Crippen molar-refractivity contribution in [2.24, 2.45) is 0 Å². The van der Waals surface area contributed by atoms with Gasteiger partial charge in [-0.05, 0) is 54.1 Å². The molecule has 3 aromatic rings. The molecule has 0 saturated heterocycles. The molecular weight excluding hydrogens is 438 g/mol. The number of nitrogens with two attached hydrogens (primary N) is 2. The van der Waals surface area contributed by atoms with Crippen molar-refractivity contribution in [1.82, 2.24) is 0 Å². The number of benzene rings is 3. The summed E-state index contributed by atoms with van der Waals surface area (Å²) in [6.45, 7) is 0. The van der Waals surface area contributed by atoms with Gasteiger partial charge in [-0.1, -0.05) is 12.1 Å². The maximum absolute atomic E-state index is 13.1. The predicted molar refractivity (Wildman–Crippen MR) is 127 cm³/mol. The molecular formula is C25H23N3O6. The first kappa shape index (κ1) is 24.0. The van der Waals surface area contributed by atoms with Crippen LogP contribution in [0.4, 0.5) is 17.1 Å². The van der Waals surface area contributed by atoms with Crippen molar-refractivity contribution in [3.63, 3.8) is 0 Å². The van der Waals surface area contributed by atoms with Crippen molar-refractivity contribution in [3.8, 4) is 0 Å². The first-order valence-electron chi connectivity index (χ1n) is 10.1. The third-order valence-corrected chi connectivity index (χ3v) is 5.03. The van der Waals surface area contributed by atoms with Gasteiger partial charge in [0.1, 0.15) is 0 Å². The Kier molecular flexibility index (Phi) is 7.27. The molecule has 3 rings (SSSR count). The Morgan fingerprint density at radius 3 is 1.71 bits per heavy atom. The maximum Gasteiger partial charge on any atom is 0.338 e. The molecule has 0 spiro atoms. The fourth-order valence-electron chi connectivity index (χ4n) is 3.26. The lowest BCUT2D eigenvalue weighted by Crippen LogP contribution is -2.21. The van der Waals surface area contributed by atoms with Crippen LogP contribution >= 0.6 is 0 Å². The van der Waals surface area contributed by atoms with Crippen molar-refractivity contribution in [1.29, 1.82) is 0 Å². The first-order valence-corrected chi connectivity index (χ1v) is 10.1. The minimum absolute atomic E-state index is 0.0676. The zero-order valence-corrected chi connectivity index (χ0v) is 18.6. The third-order valence-electron chi connectivity index (χ3n) is 5.03. The van der Waals surface area contributed by atoms with Crippen molar-refractivity contribution in [2.75, 3.05) is 31.0 Å². The lowest BCUT2D eigenvalue weighted by Gasteiger charge is -2.14. The molecule has 0 aliphatic carbocycles. The lowest BCUT2D eigenvalue weighted by atomic mass is 9.92. The normalized spacial score (nSPS) is 10.3. The van der Waals surface area contributed by atoms with Crippen LogP contribution in [0.2, 0.25) is 0 Å². The van der Waals surface area contributed by atoms with Crippen molar-refractivity contribution in [3.05, 3.63) is 88.5 Å². The van der Waals surface area contributed by atoms with E-state index in [1.165, 1.54) is 6.07 Å². The Balaban J connectivity index is 2.07. The number of ketones is 1. The van der Waals surface area contributed by atoms with Gasteiger partial charge in [-0.15, -0.1) is 0 Å². The molecule has 0 saturated carbocycles. The number of ether oxygens (including phenoxy) is 2. The number of Topliss-reactive ketones (excluding diaryl/α,β-unsaturated/α-hetero) is 1. The molecule has 9 nitrogen and oxygen atoms in total. The lowest BCUT2D eigenvalue weighted by molar-refractivity contribution is 0.0583. The van der Waals surface area contributed by atoms with Crippen LogP contribution in [0.15, 0.2) is 60.7 Å². The molecule has 0 aliphatic heterocycles. The number of esters is 2. The average Bonchev–Trinajstić information content (AvgIpc) is 2.84. The van der Waals surface area contributed by atoms with Gasteiger partial charge in [-0.3, -0.25) is 9.59 Å². The SMILES string of the molecule is COC(=O)c1cc(C(=O)Nc2ccc(N)cc2)c(C(=O)OC)cc1C(=O)Cc1ccc(N)cc1. The Hall–Kier alpha value is -4.66. The summed E-state index contributed by atoms with van der Waals surface area (Å²) in [5.74, 6) is -2.83. The number of methoxy groups -OCH3 is 2. The fourth-order valence-corrected chi connectivity index (χ4v) is 3.26. The number of nitrogens with one attached hydrogen (secondary N) is 1. The van der Waals surface area contributed by atoms with Gasteiger partial charge >= 0.3 is 11.9 Å². The second kappa shape index (κ2) is 10.3. The number of hydrogen-bond acceptors (Lipinski definition) is 8. The number of amides is 1. The number of carbonyl (C=O) groups excluding carboxylic acids is 4. The number of hydrogen-bond donors (Lipinski definition) is 3. The first-order chi connectivity index (χ1) is 16.2. The van der Waals surface area contributed by atoms with Crippen molar-refractivity contribution < 1.29 is 28.7 Å². The van der Waals surface area contributed by atoms with E-state index in [0.29, 0.717) is 22.6 Å². The van der Waals surface area contributed by atoms with E-state index in [9.17, 15) is 19.2 Å². The summed E-state index contributed by atoms with van der Waals surface area (Å²) in [7, 11) is 2.30. The van der Waals surface area contributed by atoms with Gasteiger partial charge in [-0.2, -0.15) is 0 Å². The highest BCUT2D eigenvalue weighted by Gasteiger charge is 2.27. The summed E-state index contributed by atoms with van der Waals surface area (Å²) < 4.78 is 9.63. The molecule has 0 fully saturated rings. The van der Waals surface area contributed by atoms with E-state index in [-0.39, 0.29) is 28.7 Å². The van der Waals surface area contributed by atoms with E-state index < -0.39 is 23.6 Å². The van der Waals surface area contributed by atoms with E-state index in [2.05, 4.69) is 5.32 Å². The van der Waals surface area contributed by atoms with Crippen LogP contribution in [-0.2, 0) is 15.9 Å². The monoisotopic (exact) mass is 461 g/mol. The number of rotatable bonds is 7. The van der Waals surface area contributed by atoms with E-state index in [1.807, 2.05) is 0 Å². The van der Waals surface area contributed by atoms with Crippen LogP contribution in [0.5, 0.6) is 0 Å². The summed E-state index contributed by atoms with van der Waals surface area (Å²) in [6.07, 6.45) is -0.0676. The second-order valence-electron chi connectivity index (χ2n) is 7.34. The average molecular weight is 461 g/mol. The van der Waals surface area contributed by atoms with Gasteiger partial charge in [0.2, 0.25) is 0 Å². The van der Waals surface area contributed by atoms with Crippen LogP contribution in [-0.4, -0.2) is 37.8 Å². The second-order valence-corrected chi connectivity index (χ2v) is 7.34. The molecule has 0 atom stereocenters. The quantitative estimate of drug-likeness (QED) is 0.276. The number of anilines is 3. The molecule has 1 amide bonds. The molecule has 34 heavy (non-hydrogen) atoms. The van der Waals surface area contributed by atoms with Gasteiger partial charge < -0.3 is 26.3 Å². The molecule has 0 bridgehead atoms. The van der Waals surface area contributed by atoms with Crippen molar-refractivity contribution >= 4 is 40.7 Å².